The number of carbonyl (C=O) groups is 1. The third kappa shape index (κ3) is 4.12. The highest BCUT2D eigenvalue weighted by Crippen LogP contribution is 2.26. The van der Waals surface area contributed by atoms with Crippen molar-refractivity contribution in [1.82, 2.24) is 0 Å². The van der Waals surface area contributed by atoms with Crippen molar-refractivity contribution in [2.24, 2.45) is 0 Å². The predicted molar refractivity (Wildman–Crippen MR) is 98.7 cm³/mol. The van der Waals surface area contributed by atoms with E-state index < -0.39 is 5.92 Å². The van der Waals surface area contributed by atoms with Gasteiger partial charge in [0.2, 0.25) is 0 Å². The molecule has 0 saturated carbocycles. The molecule has 3 aromatic carbocycles. The summed E-state index contributed by atoms with van der Waals surface area (Å²) in [6.07, 6.45) is 0. The SMILES string of the molecule is O=C(OCc1cccc(Br)c1)C(c1ccccc1)c1ccccc1. The molecule has 0 aromatic heterocycles. The van der Waals surface area contributed by atoms with E-state index in [0.717, 1.165) is 21.2 Å². The van der Waals surface area contributed by atoms with E-state index >= 15 is 0 Å². The maximum Gasteiger partial charge on any atom is 0.318 e. The zero-order valence-electron chi connectivity index (χ0n) is 13.1. The zero-order valence-corrected chi connectivity index (χ0v) is 14.6. The predicted octanol–water partition coefficient (Wildman–Crippen LogP) is 5.32. The van der Waals surface area contributed by atoms with E-state index in [1.807, 2.05) is 84.9 Å². The number of benzene rings is 3. The summed E-state index contributed by atoms with van der Waals surface area (Å²) in [7, 11) is 0. The molecule has 0 saturated heterocycles. The van der Waals surface area contributed by atoms with E-state index in [4.69, 9.17) is 4.74 Å². The second kappa shape index (κ2) is 7.93. The molecular formula is C21H17BrO2. The number of hydrogen-bond acceptors (Lipinski definition) is 2. The molecule has 0 atom stereocenters. The maximum absolute atomic E-state index is 12.8. The fourth-order valence-electron chi connectivity index (χ4n) is 2.62. The normalized spacial score (nSPS) is 10.6. The van der Waals surface area contributed by atoms with Gasteiger partial charge < -0.3 is 4.74 Å². The molecule has 0 aliphatic rings. The van der Waals surface area contributed by atoms with Gasteiger partial charge in [-0.25, -0.2) is 0 Å². The van der Waals surface area contributed by atoms with Crippen LogP contribution in [0.25, 0.3) is 0 Å². The monoisotopic (exact) mass is 380 g/mol. The summed E-state index contributed by atoms with van der Waals surface area (Å²) in [5.74, 6) is -0.660. The summed E-state index contributed by atoms with van der Waals surface area (Å²) in [6.45, 7) is 0.258. The average Bonchev–Trinajstić information content (AvgIpc) is 2.62. The van der Waals surface area contributed by atoms with Crippen LogP contribution >= 0.6 is 15.9 Å². The molecule has 3 aromatic rings. The fourth-order valence-corrected chi connectivity index (χ4v) is 3.07. The van der Waals surface area contributed by atoms with Gasteiger partial charge in [-0.15, -0.1) is 0 Å². The maximum atomic E-state index is 12.8. The minimum absolute atomic E-state index is 0.243. The molecule has 24 heavy (non-hydrogen) atoms. The van der Waals surface area contributed by atoms with E-state index in [-0.39, 0.29) is 12.6 Å². The number of ether oxygens (including phenoxy) is 1. The van der Waals surface area contributed by atoms with Gasteiger partial charge in [0.15, 0.2) is 0 Å². The number of rotatable bonds is 5. The van der Waals surface area contributed by atoms with Crippen LogP contribution in [0.5, 0.6) is 0 Å². The minimum atomic E-state index is -0.417. The van der Waals surface area contributed by atoms with E-state index in [1.165, 1.54) is 0 Å². The van der Waals surface area contributed by atoms with Gasteiger partial charge in [0.1, 0.15) is 12.5 Å². The Hall–Kier alpha value is -2.39. The summed E-state index contributed by atoms with van der Waals surface area (Å²) in [5, 5.41) is 0. The molecule has 0 fully saturated rings. The van der Waals surface area contributed by atoms with Gasteiger partial charge in [-0.2, -0.15) is 0 Å². The van der Waals surface area contributed by atoms with Crippen LogP contribution in [0.3, 0.4) is 0 Å². The molecule has 2 nitrogen and oxygen atoms in total. The van der Waals surface area contributed by atoms with Gasteiger partial charge in [-0.05, 0) is 28.8 Å². The van der Waals surface area contributed by atoms with Crippen molar-refractivity contribution in [2.75, 3.05) is 0 Å². The Morgan fingerprint density at radius 3 is 1.96 bits per heavy atom. The van der Waals surface area contributed by atoms with Gasteiger partial charge in [-0.1, -0.05) is 88.7 Å². The van der Waals surface area contributed by atoms with Gasteiger partial charge in [0.05, 0.1) is 0 Å². The van der Waals surface area contributed by atoms with Crippen molar-refractivity contribution in [1.29, 1.82) is 0 Å². The highest BCUT2D eigenvalue weighted by Gasteiger charge is 2.24. The van der Waals surface area contributed by atoms with E-state index in [0.29, 0.717) is 0 Å². The summed E-state index contributed by atoms with van der Waals surface area (Å²) in [6, 6.07) is 27.2. The molecule has 0 heterocycles. The molecule has 0 radical (unpaired) electrons. The molecule has 0 amide bonds. The Balaban J connectivity index is 1.82. The average molecular weight is 381 g/mol. The van der Waals surface area contributed by atoms with E-state index in [1.54, 1.807) is 0 Å². The number of esters is 1. The van der Waals surface area contributed by atoms with Crippen LogP contribution in [-0.2, 0) is 16.1 Å². The third-order valence-corrected chi connectivity index (χ3v) is 4.26. The second-order valence-electron chi connectivity index (χ2n) is 5.49. The molecule has 120 valence electrons. The van der Waals surface area contributed by atoms with Gasteiger partial charge >= 0.3 is 5.97 Å². The highest BCUT2D eigenvalue weighted by atomic mass is 79.9. The first-order valence-corrected chi connectivity index (χ1v) is 8.54. The number of carbonyl (C=O) groups excluding carboxylic acids is 1. The zero-order chi connectivity index (χ0) is 16.8. The minimum Gasteiger partial charge on any atom is -0.460 e. The van der Waals surface area contributed by atoms with Crippen LogP contribution in [0.4, 0.5) is 0 Å². The molecular weight excluding hydrogens is 364 g/mol. The van der Waals surface area contributed by atoms with Crippen LogP contribution in [0.2, 0.25) is 0 Å². The summed E-state index contributed by atoms with van der Waals surface area (Å²) >= 11 is 3.43. The first-order chi connectivity index (χ1) is 11.7. The van der Waals surface area contributed by atoms with Gasteiger partial charge in [0.25, 0.3) is 0 Å². The van der Waals surface area contributed by atoms with Crippen molar-refractivity contribution in [3.63, 3.8) is 0 Å². The smallest absolute Gasteiger partial charge is 0.318 e. The van der Waals surface area contributed by atoms with Crippen molar-refractivity contribution < 1.29 is 9.53 Å². The molecule has 0 bridgehead atoms. The van der Waals surface area contributed by atoms with Gasteiger partial charge in [0, 0.05) is 4.47 Å². The lowest BCUT2D eigenvalue weighted by Gasteiger charge is -2.17. The summed E-state index contributed by atoms with van der Waals surface area (Å²) < 4.78 is 6.57. The van der Waals surface area contributed by atoms with Gasteiger partial charge in [-0.3, -0.25) is 4.79 Å². The van der Waals surface area contributed by atoms with Crippen molar-refractivity contribution >= 4 is 21.9 Å². The Morgan fingerprint density at radius 1 is 0.833 bits per heavy atom. The van der Waals surface area contributed by atoms with Crippen LogP contribution in [0.15, 0.2) is 89.4 Å². The first-order valence-electron chi connectivity index (χ1n) is 7.75. The molecule has 3 heteroatoms. The molecule has 0 aliphatic heterocycles. The standard InChI is InChI=1S/C21H17BrO2/c22-19-13-7-8-16(14-19)15-24-21(23)20(17-9-3-1-4-10-17)18-11-5-2-6-12-18/h1-14,20H,15H2. The van der Waals surface area contributed by atoms with Crippen LogP contribution in [0, 0.1) is 0 Å². The molecule has 0 spiro atoms. The largest absolute Gasteiger partial charge is 0.460 e. The topological polar surface area (TPSA) is 26.3 Å². The van der Waals surface area contributed by atoms with Crippen LogP contribution < -0.4 is 0 Å². The van der Waals surface area contributed by atoms with E-state index in [2.05, 4.69) is 15.9 Å². The number of halogens is 1. The summed E-state index contributed by atoms with van der Waals surface area (Å²) in [4.78, 5) is 12.8. The Kier molecular flexibility index (Phi) is 5.44. The molecule has 0 N–H and O–H groups in total. The van der Waals surface area contributed by atoms with Crippen molar-refractivity contribution in [2.45, 2.75) is 12.5 Å². The lowest BCUT2D eigenvalue weighted by molar-refractivity contribution is -0.145. The molecule has 0 unspecified atom stereocenters. The second-order valence-corrected chi connectivity index (χ2v) is 6.41. The molecule has 0 aliphatic carbocycles. The van der Waals surface area contributed by atoms with E-state index in [9.17, 15) is 4.79 Å². The number of hydrogen-bond donors (Lipinski definition) is 0. The van der Waals surface area contributed by atoms with Crippen LogP contribution in [-0.4, -0.2) is 5.97 Å². The van der Waals surface area contributed by atoms with Crippen LogP contribution in [0.1, 0.15) is 22.6 Å². The lowest BCUT2D eigenvalue weighted by atomic mass is 9.91. The fraction of sp³-hybridized carbons (Fsp3) is 0.0952. The van der Waals surface area contributed by atoms with Crippen molar-refractivity contribution in [3.05, 3.63) is 106 Å². The third-order valence-electron chi connectivity index (χ3n) is 3.77. The quantitative estimate of drug-likeness (QED) is 0.559. The first kappa shape index (κ1) is 16.5. The Bertz CT molecular complexity index is 761. The summed E-state index contributed by atoms with van der Waals surface area (Å²) in [5.41, 5.74) is 2.82. The highest BCUT2D eigenvalue weighted by molar-refractivity contribution is 9.10. The lowest BCUT2D eigenvalue weighted by Crippen LogP contribution is -2.17. The Labute approximate surface area is 150 Å². The van der Waals surface area contributed by atoms with Crippen molar-refractivity contribution in [3.8, 4) is 0 Å². The molecule has 3 rings (SSSR count). The Morgan fingerprint density at radius 2 is 1.42 bits per heavy atom.